The molecule has 148 valence electrons. The lowest BCUT2D eigenvalue weighted by Crippen LogP contribution is -2.29. The highest BCUT2D eigenvalue weighted by atomic mass is 16.2. The molecule has 3 heteroatoms. The van der Waals surface area contributed by atoms with Crippen LogP contribution in [0, 0.1) is 12.8 Å². The Morgan fingerprint density at radius 1 is 1.07 bits per heavy atom. The van der Waals surface area contributed by atoms with Crippen LogP contribution in [0.25, 0.3) is 22.6 Å². The first kappa shape index (κ1) is 18.2. The number of aryl methyl sites for hydroxylation is 1. The Balaban J connectivity index is 1.65. The largest absolute Gasteiger partial charge is 0.354 e. The zero-order chi connectivity index (χ0) is 19.8. The van der Waals surface area contributed by atoms with Crippen molar-refractivity contribution < 1.29 is 4.79 Å². The van der Waals surface area contributed by atoms with Gasteiger partial charge in [-0.3, -0.25) is 4.79 Å². The van der Waals surface area contributed by atoms with Gasteiger partial charge in [0.25, 0.3) is 5.91 Å². The molecule has 1 aliphatic carbocycles. The van der Waals surface area contributed by atoms with Crippen LogP contribution in [0.4, 0.5) is 5.69 Å². The molecule has 0 unspecified atom stereocenters. The Labute approximate surface area is 171 Å². The Kier molecular flexibility index (Phi) is 4.75. The number of hydrogen-bond donors (Lipinski definition) is 2. The van der Waals surface area contributed by atoms with Gasteiger partial charge in [0, 0.05) is 27.4 Å². The van der Waals surface area contributed by atoms with E-state index in [-0.39, 0.29) is 5.91 Å². The number of rotatable bonds is 3. The Bertz CT molecular complexity index is 1200. The van der Waals surface area contributed by atoms with Crippen LogP contribution in [0.3, 0.4) is 0 Å². The second-order valence-electron chi connectivity index (χ2n) is 8.62. The van der Waals surface area contributed by atoms with Crippen LogP contribution in [-0.4, -0.2) is 10.9 Å². The van der Waals surface area contributed by atoms with Crippen molar-refractivity contribution in [2.45, 2.75) is 51.9 Å². The Morgan fingerprint density at radius 2 is 1.90 bits per heavy atom. The highest BCUT2D eigenvalue weighted by Gasteiger charge is 2.26. The van der Waals surface area contributed by atoms with Gasteiger partial charge in [0.1, 0.15) is 0 Å². The molecule has 3 nitrogen and oxygen atoms in total. The molecule has 2 N–H and O–H groups in total. The molecule has 1 aromatic heterocycles. The number of para-hydroxylation sites is 1. The number of amides is 1. The maximum atomic E-state index is 12.9. The van der Waals surface area contributed by atoms with Crippen LogP contribution < -0.4 is 15.9 Å². The zero-order valence-corrected chi connectivity index (χ0v) is 17.1. The highest BCUT2D eigenvalue weighted by Crippen LogP contribution is 2.30. The molecule has 1 aliphatic heterocycles. The number of hydrogen-bond acceptors (Lipinski definition) is 1. The summed E-state index contributed by atoms with van der Waals surface area (Å²) in [6, 6.07) is 14.6. The SMILES string of the molecule is Cc1ccc2c(c1)NC(=O)/C2=c1\[nH]c2ccccc2\c1=C\CCC1CCCCC1. The number of aromatic amines is 1. The number of anilines is 1. The average molecular weight is 385 g/mol. The number of carbonyl (C=O) groups excluding carboxylic acids is 1. The van der Waals surface area contributed by atoms with E-state index >= 15 is 0 Å². The summed E-state index contributed by atoms with van der Waals surface area (Å²) >= 11 is 0. The van der Waals surface area contributed by atoms with Crippen molar-refractivity contribution in [1.82, 2.24) is 4.98 Å². The maximum Gasteiger partial charge on any atom is 0.258 e. The first-order valence-electron chi connectivity index (χ1n) is 10.9. The third-order valence-electron chi connectivity index (χ3n) is 6.56. The number of carbonyl (C=O) groups is 1. The number of benzene rings is 2. The van der Waals surface area contributed by atoms with Gasteiger partial charge in [0.15, 0.2) is 0 Å². The molecule has 0 saturated heterocycles. The maximum absolute atomic E-state index is 12.9. The van der Waals surface area contributed by atoms with Crippen molar-refractivity contribution in [3.05, 3.63) is 64.2 Å². The first-order valence-corrected chi connectivity index (χ1v) is 10.9. The summed E-state index contributed by atoms with van der Waals surface area (Å²) in [5, 5.41) is 6.39. The van der Waals surface area contributed by atoms with E-state index < -0.39 is 0 Å². The lowest BCUT2D eigenvalue weighted by atomic mass is 9.86. The molecule has 2 aromatic carbocycles. The van der Waals surface area contributed by atoms with Gasteiger partial charge in [-0.05, 0) is 43.4 Å². The molecule has 0 atom stereocenters. The molecule has 2 aliphatic rings. The van der Waals surface area contributed by atoms with Gasteiger partial charge in [-0.2, -0.15) is 0 Å². The van der Waals surface area contributed by atoms with Gasteiger partial charge < -0.3 is 10.3 Å². The van der Waals surface area contributed by atoms with Crippen LogP contribution in [0.2, 0.25) is 0 Å². The number of fused-ring (bicyclic) bond motifs is 2. The van der Waals surface area contributed by atoms with E-state index in [0.717, 1.165) is 45.6 Å². The molecule has 0 bridgehead atoms. The summed E-state index contributed by atoms with van der Waals surface area (Å²) in [7, 11) is 0. The lowest BCUT2D eigenvalue weighted by Gasteiger charge is -2.20. The van der Waals surface area contributed by atoms with Crippen LogP contribution in [0.15, 0.2) is 42.5 Å². The molecular formula is C26H28N2O. The van der Waals surface area contributed by atoms with Gasteiger partial charge >= 0.3 is 0 Å². The van der Waals surface area contributed by atoms with E-state index in [4.69, 9.17) is 0 Å². The van der Waals surface area contributed by atoms with Gasteiger partial charge in [0.05, 0.1) is 10.9 Å². The fourth-order valence-electron chi connectivity index (χ4n) is 5.05. The topological polar surface area (TPSA) is 44.9 Å². The van der Waals surface area contributed by atoms with Crippen molar-refractivity contribution in [2.24, 2.45) is 5.92 Å². The monoisotopic (exact) mass is 384 g/mol. The lowest BCUT2D eigenvalue weighted by molar-refractivity contribution is -0.110. The molecule has 2 heterocycles. The molecule has 1 saturated carbocycles. The third-order valence-corrected chi connectivity index (χ3v) is 6.56. The number of H-pyrrole nitrogens is 1. The summed E-state index contributed by atoms with van der Waals surface area (Å²) in [4.78, 5) is 16.5. The first-order chi connectivity index (χ1) is 14.2. The molecule has 0 radical (unpaired) electrons. The molecule has 1 fully saturated rings. The van der Waals surface area contributed by atoms with E-state index in [2.05, 4.69) is 59.7 Å². The molecular weight excluding hydrogens is 356 g/mol. The van der Waals surface area contributed by atoms with Crippen molar-refractivity contribution in [3.63, 3.8) is 0 Å². The summed E-state index contributed by atoms with van der Waals surface area (Å²) in [6.07, 6.45) is 11.6. The van der Waals surface area contributed by atoms with Gasteiger partial charge in [0.2, 0.25) is 0 Å². The molecule has 0 spiro atoms. The summed E-state index contributed by atoms with van der Waals surface area (Å²) in [5.74, 6) is 0.846. The minimum atomic E-state index is -0.0147. The standard InChI is InChI=1S/C26H28N2O/c1-17-14-15-21-23(16-17)28-26(29)24(21)25-20(19-11-5-6-13-22(19)27-25)12-7-10-18-8-3-2-4-9-18/h5-6,11-16,18,27H,2-4,7-10H2,1H3,(H,28,29)/b20-12-,25-24-. The number of aromatic nitrogens is 1. The van der Waals surface area contributed by atoms with Crippen LogP contribution in [0.1, 0.15) is 56.1 Å². The van der Waals surface area contributed by atoms with Crippen LogP contribution in [0.5, 0.6) is 0 Å². The third kappa shape index (κ3) is 3.39. The quantitative estimate of drug-likeness (QED) is 0.671. The highest BCUT2D eigenvalue weighted by molar-refractivity contribution is 6.31. The van der Waals surface area contributed by atoms with E-state index in [0.29, 0.717) is 0 Å². The van der Waals surface area contributed by atoms with E-state index in [1.807, 2.05) is 6.07 Å². The van der Waals surface area contributed by atoms with Crippen LogP contribution in [-0.2, 0) is 4.79 Å². The van der Waals surface area contributed by atoms with E-state index in [1.54, 1.807) is 0 Å². The molecule has 3 aromatic rings. The fourth-order valence-corrected chi connectivity index (χ4v) is 5.05. The predicted octanol–water partition coefficient (Wildman–Crippen LogP) is 4.77. The minimum absolute atomic E-state index is 0.0147. The predicted molar refractivity (Wildman–Crippen MR) is 120 cm³/mol. The van der Waals surface area contributed by atoms with Crippen LogP contribution >= 0.6 is 0 Å². The average Bonchev–Trinajstić information content (AvgIpc) is 3.25. The second-order valence-corrected chi connectivity index (χ2v) is 8.62. The smallest absolute Gasteiger partial charge is 0.258 e. The Hall–Kier alpha value is -2.81. The van der Waals surface area contributed by atoms with Gasteiger partial charge in [-0.15, -0.1) is 0 Å². The zero-order valence-electron chi connectivity index (χ0n) is 17.1. The fraction of sp³-hybridized carbons (Fsp3) is 0.346. The van der Waals surface area contributed by atoms with Crippen molar-refractivity contribution in [1.29, 1.82) is 0 Å². The molecule has 1 amide bonds. The second kappa shape index (κ2) is 7.55. The minimum Gasteiger partial charge on any atom is -0.354 e. The Morgan fingerprint density at radius 3 is 2.76 bits per heavy atom. The summed E-state index contributed by atoms with van der Waals surface area (Å²) in [5.41, 5.74) is 4.92. The van der Waals surface area contributed by atoms with Gasteiger partial charge in [-0.25, -0.2) is 0 Å². The van der Waals surface area contributed by atoms with E-state index in [9.17, 15) is 4.79 Å². The molecule has 29 heavy (non-hydrogen) atoms. The van der Waals surface area contributed by atoms with Crippen molar-refractivity contribution in [2.75, 3.05) is 5.32 Å². The normalized spacial score (nSPS) is 19.6. The molecule has 5 rings (SSSR count). The van der Waals surface area contributed by atoms with Crippen molar-refractivity contribution >= 4 is 34.1 Å². The summed E-state index contributed by atoms with van der Waals surface area (Å²) < 4.78 is 0. The van der Waals surface area contributed by atoms with Gasteiger partial charge in [-0.1, -0.05) is 68.5 Å². The summed E-state index contributed by atoms with van der Waals surface area (Å²) in [6.45, 7) is 2.05. The van der Waals surface area contributed by atoms with Crippen molar-refractivity contribution in [3.8, 4) is 0 Å². The van der Waals surface area contributed by atoms with E-state index in [1.165, 1.54) is 49.1 Å². The number of nitrogens with one attached hydrogen (secondary N) is 2.